The van der Waals surface area contributed by atoms with Crippen molar-refractivity contribution in [2.24, 2.45) is 5.92 Å². The summed E-state index contributed by atoms with van der Waals surface area (Å²) in [5, 5.41) is 16.6. The Bertz CT molecular complexity index is 420. The molecule has 0 amide bonds. The minimum Gasteiger partial charge on any atom is -0.388 e. The first kappa shape index (κ1) is 16.5. The van der Waals surface area contributed by atoms with E-state index in [1.807, 2.05) is 6.92 Å². The maximum absolute atomic E-state index is 10.3. The predicted molar refractivity (Wildman–Crippen MR) is 83.8 cm³/mol. The second-order valence-electron chi connectivity index (χ2n) is 5.87. The van der Waals surface area contributed by atoms with Gasteiger partial charge in [-0.15, -0.1) is 0 Å². The smallest absolute Gasteiger partial charge is 0.223 e. The third kappa shape index (κ3) is 6.06. The lowest BCUT2D eigenvalue weighted by Gasteiger charge is -2.25. The fourth-order valence-corrected chi connectivity index (χ4v) is 2.13. The summed E-state index contributed by atoms with van der Waals surface area (Å²) < 4.78 is 0. The molecular formula is C14H27N5O. The van der Waals surface area contributed by atoms with Gasteiger partial charge in [-0.25, -0.2) is 0 Å². The minimum atomic E-state index is -0.773. The second-order valence-corrected chi connectivity index (χ2v) is 5.87. The van der Waals surface area contributed by atoms with Crippen LogP contribution in [0.5, 0.6) is 0 Å². The fourth-order valence-electron chi connectivity index (χ4n) is 2.13. The van der Waals surface area contributed by atoms with Gasteiger partial charge in [0.15, 0.2) is 0 Å². The number of aliphatic hydroxyl groups is 1. The number of aromatic nitrogens is 2. The molecule has 0 spiro atoms. The van der Waals surface area contributed by atoms with Gasteiger partial charge in [0.2, 0.25) is 5.95 Å². The molecule has 0 aliphatic rings. The van der Waals surface area contributed by atoms with Crippen molar-refractivity contribution < 1.29 is 5.11 Å². The second kappa shape index (κ2) is 7.28. The molecule has 6 nitrogen and oxygen atoms in total. The fraction of sp³-hybridized carbons (Fsp3) is 0.714. The van der Waals surface area contributed by atoms with Crippen LogP contribution in [-0.2, 0) is 0 Å². The average molecular weight is 281 g/mol. The molecule has 0 saturated heterocycles. The molecule has 1 heterocycles. The van der Waals surface area contributed by atoms with Gasteiger partial charge in [0.05, 0.1) is 5.60 Å². The zero-order valence-corrected chi connectivity index (χ0v) is 12.9. The zero-order chi connectivity index (χ0) is 15.2. The number of anilines is 3. The number of nitrogen functional groups attached to an aromatic ring is 1. The molecule has 0 fully saturated rings. The topological polar surface area (TPSA) is 96.1 Å². The van der Waals surface area contributed by atoms with Crippen LogP contribution in [0.25, 0.3) is 0 Å². The molecule has 0 aliphatic heterocycles. The molecule has 0 aliphatic carbocycles. The Labute approximate surface area is 121 Å². The molecule has 5 N–H and O–H groups in total. The lowest BCUT2D eigenvalue weighted by atomic mass is 9.94. The molecule has 1 atom stereocenters. The van der Waals surface area contributed by atoms with Gasteiger partial charge < -0.3 is 21.5 Å². The Morgan fingerprint density at radius 1 is 1.30 bits per heavy atom. The maximum atomic E-state index is 10.3. The van der Waals surface area contributed by atoms with E-state index < -0.39 is 5.60 Å². The van der Waals surface area contributed by atoms with Gasteiger partial charge in [0, 0.05) is 19.2 Å². The van der Waals surface area contributed by atoms with Gasteiger partial charge in [0.25, 0.3) is 0 Å². The standard InChI is InChI=1S/C14H27N5O/c1-5-6-16-11-7-12(19-13(15)18-11)17-9-14(4,20)8-10(2)3/h7,10,20H,5-6,8-9H2,1-4H3,(H4,15,16,17,18,19). The highest BCUT2D eigenvalue weighted by Gasteiger charge is 2.21. The lowest BCUT2D eigenvalue weighted by molar-refractivity contribution is 0.0515. The summed E-state index contributed by atoms with van der Waals surface area (Å²) in [6.45, 7) is 9.34. The highest BCUT2D eigenvalue weighted by Crippen LogP contribution is 2.18. The van der Waals surface area contributed by atoms with Crippen LogP contribution < -0.4 is 16.4 Å². The highest BCUT2D eigenvalue weighted by molar-refractivity contribution is 5.51. The molecule has 0 bridgehead atoms. The summed E-state index contributed by atoms with van der Waals surface area (Å²) >= 11 is 0. The van der Waals surface area contributed by atoms with E-state index >= 15 is 0 Å². The summed E-state index contributed by atoms with van der Waals surface area (Å²) in [5.41, 5.74) is 4.91. The third-order valence-corrected chi connectivity index (χ3v) is 2.80. The van der Waals surface area contributed by atoms with Crippen molar-refractivity contribution in [3.8, 4) is 0 Å². The molecule has 20 heavy (non-hydrogen) atoms. The van der Waals surface area contributed by atoms with Crippen molar-refractivity contribution in [1.29, 1.82) is 0 Å². The van der Waals surface area contributed by atoms with Crippen LogP contribution in [0.15, 0.2) is 6.07 Å². The van der Waals surface area contributed by atoms with E-state index in [1.54, 1.807) is 6.07 Å². The summed E-state index contributed by atoms with van der Waals surface area (Å²) in [6, 6.07) is 1.80. The van der Waals surface area contributed by atoms with Crippen LogP contribution >= 0.6 is 0 Å². The van der Waals surface area contributed by atoms with E-state index in [-0.39, 0.29) is 5.95 Å². The van der Waals surface area contributed by atoms with Crippen molar-refractivity contribution in [1.82, 2.24) is 9.97 Å². The third-order valence-electron chi connectivity index (χ3n) is 2.80. The molecule has 1 aromatic rings. The molecule has 114 valence electrons. The predicted octanol–water partition coefficient (Wildman–Crippen LogP) is 2.09. The largest absolute Gasteiger partial charge is 0.388 e. The van der Waals surface area contributed by atoms with Gasteiger partial charge in [-0.05, 0) is 25.7 Å². The Kier molecular flexibility index (Phi) is 6.01. The van der Waals surface area contributed by atoms with Gasteiger partial charge in [-0.2, -0.15) is 9.97 Å². The first-order chi connectivity index (χ1) is 9.32. The van der Waals surface area contributed by atoms with Crippen molar-refractivity contribution in [3.63, 3.8) is 0 Å². The van der Waals surface area contributed by atoms with E-state index in [0.29, 0.717) is 24.1 Å². The Balaban J connectivity index is 2.65. The molecular weight excluding hydrogens is 254 g/mol. The van der Waals surface area contributed by atoms with Crippen LogP contribution in [0.1, 0.15) is 40.5 Å². The Morgan fingerprint density at radius 3 is 2.45 bits per heavy atom. The van der Waals surface area contributed by atoms with E-state index in [4.69, 9.17) is 5.73 Å². The zero-order valence-electron chi connectivity index (χ0n) is 12.9. The van der Waals surface area contributed by atoms with E-state index in [1.165, 1.54) is 0 Å². The van der Waals surface area contributed by atoms with Gasteiger partial charge in [0.1, 0.15) is 11.6 Å². The van der Waals surface area contributed by atoms with Gasteiger partial charge in [-0.3, -0.25) is 0 Å². The van der Waals surface area contributed by atoms with E-state index in [2.05, 4.69) is 41.4 Å². The number of nitrogens with one attached hydrogen (secondary N) is 2. The SMILES string of the molecule is CCCNc1cc(NCC(C)(O)CC(C)C)nc(N)n1. The van der Waals surface area contributed by atoms with Crippen LogP contribution in [0.4, 0.5) is 17.6 Å². The Morgan fingerprint density at radius 2 is 1.90 bits per heavy atom. The van der Waals surface area contributed by atoms with Crippen LogP contribution in [-0.4, -0.2) is 33.8 Å². The molecule has 6 heteroatoms. The van der Waals surface area contributed by atoms with Crippen LogP contribution in [0.2, 0.25) is 0 Å². The summed E-state index contributed by atoms with van der Waals surface area (Å²) in [7, 11) is 0. The molecule has 1 rings (SSSR count). The van der Waals surface area contributed by atoms with Crippen molar-refractivity contribution in [2.45, 2.75) is 46.1 Å². The molecule has 1 aromatic heterocycles. The number of nitrogens with zero attached hydrogens (tertiary/aromatic N) is 2. The summed E-state index contributed by atoms with van der Waals surface area (Å²) in [5.74, 6) is 1.98. The summed E-state index contributed by atoms with van der Waals surface area (Å²) in [4.78, 5) is 8.25. The Hall–Kier alpha value is -1.56. The van der Waals surface area contributed by atoms with E-state index in [9.17, 15) is 5.11 Å². The molecule has 0 saturated carbocycles. The summed E-state index contributed by atoms with van der Waals surface area (Å²) in [6.07, 6.45) is 1.73. The highest BCUT2D eigenvalue weighted by atomic mass is 16.3. The first-order valence-corrected chi connectivity index (χ1v) is 7.17. The normalized spacial score (nSPS) is 14.1. The van der Waals surface area contributed by atoms with Crippen molar-refractivity contribution in [2.75, 3.05) is 29.5 Å². The average Bonchev–Trinajstić information content (AvgIpc) is 2.32. The number of hydrogen-bond acceptors (Lipinski definition) is 6. The molecule has 1 unspecified atom stereocenters. The van der Waals surface area contributed by atoms with Gasteiger partial charge in [-0.1, -0.05) is 20.8 Å². The number of nitrogens with two attached hydrogens (primary N) is 1. The molecule has 0 radical (unpaired) electrons. The maximum Gasteiger partial charge on any atom is 0.223 e. The molecule has 0 aromatic carbocycles. The van der Waals surface area contributed by atoms with Crippen molar-refractivity contribution >= 4 is 17.6 Å². The van der Waals surface area contributed by atoms with E-state index in [0.717, 1.165) is 19.4 Å². The quantitative estimate of drug-likeness (QED) is 0.582. The monoisotopic (exact) mass is 281 g/mol. The van der Waals surface area contributed by atoms with Crippen LogP contribution in [0.3, 0.4) is 0 Å². The number of hydrogen-bond donors (Lipinski definition) is 4. The lowest BCUT2D eigenvalue weighted by Crippen LogP contribution is -2.35. The van der Waals surface area contributed by atoms with Crippen molar-refractivity contribution in [3.05, 3.63) is 6.07 Å². The van der Waals surface area contributed by atoms with Gasteiger partial charge >= 0.3 is 0 Å². The minimum absolute atomic E-state index is 0.220. The van der Waals surface area contributed by atoms with Crippen LogP contribution in [0, 0.1) is 5.92 Å². The first-order valence-electron chi connectivity index (χ1n) is 7.17. The number of rotatable bonds is 8.